The summed E-state index contributed by atoms with van der Waals surface area (Å²) in [6.45, 7) is 13.3. The number of likely N-dealkylation sites (tertiary alicyclic amines) is 1. The molecular weight excluding hydrogens is 488 g/mol. The number of hydrogen-bond acceptors (Lipinski definition) is 5. The Bertz CT molecular complexity index is 1580. The molecule has 3 aromatic carbocycles. The fourth-order valence-electron chi connectivity index (χ4n) is 5.13. The van der Waals surface area contributed by atoms with E-state index in [-0.39, 0.29) is 17.6 Å². The maximum absolute atomic E-state index is 12.4. The van der Waals surface area contributed by atoms with Crippen LogP contribution in [-0.2, 0) is 10.2 Å². The summed E-state index contributed by atoms with van der Waals surface area (Å²) in [5, 5.41) is 11.6. The number of amides is 1. The van der Waals surface area contributed by atoms with Gasteiger partial charge in [-0.1, -0.05) is 45.0 Å². The molecule has 4 aromatic rings. The number of imidazole rings is 1. The van der Waals surface area contributed by atoms with Gasteiger partial charge in [-0.3, -0.25) is 4.57 Å². The Morgan fingerprint density at radius 2 is 1.67 bits per heavy atom. The number of carbonyl (C=O) groups excluding carboxylic acids is 1. The van der Waals surface area contributed by atoms with E-state index in [2.05, 4.69) is 43.5 Å². The molecule has 5 rings (SSSR count). The van der Waals surface area contributed by atoms with Crippen LogP contribution in [0.25, 0.3) is 27.5 Å². The second-order valence-electron chi connectivity index (χ2n) is 12.2. The highest BCUT2D eigenvalue weighted by Gasteiger charge is 2.29. The van der Waals surface area contributed by atoms with Crippen LogP contribution < -0.4 is 4.74 Å². The average molecular weight is 525 g/mol. The lowest BCUT2D eigenvalue weighted by atomic mass is 9.95. The van der Waals surface area contributed by atoms with Gasteiger partial charge in [-0.15, -0.1) is 0 Å². The topological polar surface area (TPSA) is 80.4 Å². The van der Waals surface area contributed by atoms with Gasteiger partial charge < -0.3 is 14.4 Å². The van der Waals surface area contributed by atoms with Gasteiger partial charge >= 0.3 is 6.09 Å². The molecule has 202 valence electrons. The summed E-state index contributed by atoms with van der Waals surface area (Å²) in [4.78, 5) is 19.3. The zero-order valence-electron chi connectivity index (χ0n) is 23.6. The Labute approximate surface area is 229 Å². The van der Waals surface area contributed by atoms with Crippen LogP contribution in [0.5, 0.6) is 5.75 Å². The lowest BCUT2D eigenvalue weighted by Gasteiger charge is -2.33. The number of benzene rings is 3. The second kappa shape index (κ2) is 9.92. The highest BCUT2D eigenvalue weighted by molar-refractivity contribution is 5.96. The van der Waals surface area contributed by atoms with Crippen LogP contribution in [0.4, 0.5) is 4.79 Å². The normalized spacial score (nSPS) is 14.9. The van der Waals surface area contributed by atoms with Crippen molar-refractivity contribution >= 4 is 27.9 Å². The second-order valence-corrected chi connectivity index (χ2v) is 12.2. The van der Waals surface area contributed by atoms with Crippen LogP contribution in [0.3, 0.4) is 0 Å². The summed E-state index contributed by atoms with van der Waals surface area (Å²) < 4.78 is 14.1. The minimum atomic E-state index is -0.501. The molecule has 39 heavy (non-hydrogen) atoms. The number of nitriles is 1. The van der Waals surface area contributed by atoms with Crippen LogP contribution in [-0.4, -0.2) is 45.3 Å². The van der Waals surface area contributed by atoms with Crippen molar-refractivity contribution < 1.29 is 14.3 Å². The van der Waals surface area contributed by atoms with Gasteiger partial charge in [-0.05, 0) is 45.0 Å². The number of carbonyl (C=O) groups is 1. The van der Waals surface area contributed by atoms with Crippen LogP contribution >= 0.6 is 0 Å². The predicted octanol–water partition coefficient (Wildman–Crippen LogP) is 7.13. The number of hydrogen-bond donors (Lipinski definition) is 0. The molecule has 0 aliphatic carbocycles. The monoisotopic (exact) mass is 524 g/mol. The first-order valence-corrected chi connectivity index (χ1v) is 13.5. The molecule has 0 bridgehead atoms. The van der Waals surface area contributed by atoms with E-state index in [0.717, 1.165) is 51.9 Å². The number of fused-ring (bicyclic) bond motifs is 2. The Balaban J connectivity index is 1.45. The smallest absolute Gasteiger partial charge is 0.410 e. The van der Waals surface area contributed by atoms with Crippen LogP contribution in [0.15, 0.2) is 54.6 Å². The third kappa shape index (κ3) is 5.42. The van der Waals surface area contributed by atoms with E-state index in [4.69, 9.17) is 14.5 Å². The zero-order valence-corrected chi connectivity index (χ0v) is 23.6. The molecule has 0 atom stereocenters. The third-order valence-corrected chi connectivity index (χ3v) is 6.96. The molecule has 0 radical (unpaired) electrons. The number of nitrogens with zero attached hydrogens (tertiary/aromatic N) is 4. The molecule has 1 saturated heterocycles. The largest absolute Gasteiger partial charge is 0.490 e. The number of rotatable bonds is 3. The molecule has 1 aromatic heterocycles. The Hall–Kier alpha value is -4.05. The van der Waals surface area contributed by atoms with Gasteiger partial charge in [-0.2, -0.15) is 5.26 Å². The molecule has 0 spiro atoms. The Morgan fingerprint density at radius 3 is 2.31 bits per heavy atom. The lowest BCUT2D eigenvalue weighted by Crippen LogP contribution is -2.44. The van der Waals surface area contributed by atoms with Crippen molar-refractivity contribution in [1.29, 1.82) is 5.26 Å². The van der Waals surface area contributed by atoms with E-state index in [9.17, 15) is 10.1 Å². The number of ether oxygens (including phenoxy) is 2. The summed E-state index contributed by atoms with van der Waals surface area (Å²) in [5.74, 6) is 1.71. The molecule has 1 amide bonds. The van der Waals surface area contributed by atoms with Gasteiger partial charge in [0, 0.05) is 48.2 Å². The van der Waals surface area contributed by atoms with Gasteiger partial charge in [0.2, 0.25) is 0 Å². The lowest BCUT2D eigenvalue weighted by molar-refractivity contribution is 0.0127. The minimum Gasteiger partial charge on any atom is -0.490 e. The van der Waals surface area contributed by atoms with Crippen LogP contribution in [0.1, 0.15) is 65.8 Å². The van der Waals surface area contributed by atoms with Gasteiger partial charge in [0.15, 0.2) is 0 Å². The Kier molecular flexibility index (Phi) is 6.76. The van der Waals surface area contributed by atoms with Crippen molar-refractivity contribution in [1.82, 2.24) is 14.5 Å². The molecule has 0 unspecified atom stereocenters. The standard InChI is InChI=1S/C32H36N4O3/c1-31(2,3)29-34-26-19-23(38-22-15-17-35(18-16-22)30(37)39-32(4,5)6)12-14-28(26)36(29)27-13-11-21(20-33)24-9-7-8-10-25(24)27/h7-14,19,22H,15-18H2,1-6H3. The fraction of sp³-hybridized carbons (Fsp3) is 0.406. The Morgan fingerprint density at radius 1 is 0.974 bits per heavy atom. The number of aromatic nitrogens is 2. The van der Waals surface area contributed by atoms with E-state index in [1.807, 2.05) is 63.2 Å². The van der Waals surface area contributed by atoms with Crippen LogP contribution in [0.2, 0.25) is 0 Å². The molecule has 7 heteroatoms. The van der Waals surface area contributed by atoms with Gasteiger partial charge in [0.1, 0.15) is 23.3 Å². The van der Waals surface area contributed by atoms with Gasteiger partial charge in [-0.25, -0.2) is 9.78 Å². The van der Waals surface area contributed by atoms with Crippen molar-refractivity contribution in [2.45, 2.75) is 71.5 Å². The van der Waals surface area contributed by atoms with E-state index >= 15 is 0 Å². The highest BCUT2D eigenvalue weighted by atomic mass is 16.6. The first-order valence-electron chi connectivity index (χ1n) is 13.5. The maximum atomic E-state index is 12.4. The summed E-state index contributed by atoms with van der Waals surface area (Å²) in [7, 11) is 0. The molecule has 0 N–H and O–H groups in total. The summed E-state index contributed by atoms with van der Waals surface area (Å²) in [6.07, 6.45) is 1.25. The summed E-state index contributed by atoms with van der Waals surface area (Å²) in [5.41, 5.74) is 2.78. The molecule has 1 aliphatic heterocycles. The van der Waals surface area contributed by atoms with E-state index in [1.165, 1.54) is 0 Å². The molecule has 0 saturated carbocycles. The molecule has 1 aliphatic rings. The van der Waals surface area contributed by atoms with Crippen molar-refractivity contribution in [3.05, 3.63) is 66.0 Å². The summed E-state index contributed by atoms with van der Waals surface area (Å²) in [6, 6.07) is 20.3. The van der Waals surface area contributed by atoms with Crippen molar-refractivity contribution in [2.24, 2.45) is 0 Å². The molecule has 1 fully saturated rings. The van der Waals surface area contributed by atoms with Crippen molar-refractivity contribution in [2.75, 3.05) is 13.1 Å². The SMILES string of the molecule is CC(C)(C)OC(=O)N1CCC(Oc2ccc3c(c2)nc(C(C)(C)C)n3-c2ccc(C#N)c3ccccc23)CC1. The average Bonchev–Trinajstić information content (AvgIpc) is 3.27. The first-order chi connectivity index (χ1) is 18.4. The van der Waals surface area contributed by atoms with Crippen molar-refractivity contribution in [3.63, 3.8) is 0 Å². The van der Waals surface area contributed by atoms with E-state index in [0.29, 0.717) is 18.7 Å². The summed E-state index contributed by atoms with van der Waals surface area (Å²) >= 11 is 0. The fourth-order valence-corrected chi connectivity index (χ4v) is 5.13. The molecule has 7 nitrogen and oxygen atoms in total. The van der Waals surface area contributed by atoms with Crippen molar-refractivity contribution in [3.8, 4) is 17.5 Å². The van der Waals surface area contributed by atoms with Gasteiger partial charge in [0.25, 0.3) is 0 Å². The third-order valence-electron chi connectivity index (χ3n) is 6.96. The zero-order chi connectivity index (χ0) is 27.9. The van der Waals surface area contributed by atoms with E-state index in [1.54, 1.807) is 4.90 Å². The quantitative estimate of drug-likeness (QED) is 0.285. The predicted molar refractivity (Wildman–Crippen MR) is 153 cm³/mol. The van der Waals surface area contributed by atoms with Crippen LogP contribution in [0, 0.1) is 11.3 Å². The first kappa shape index (κ1) is 26.6. The maximum Gasteiger partial charge on any atom is 0.410 e. The number of piperidine rings is 1. The highest BCUT2D eigenvalue weighted by Crippen LogP contribution is 2.35. The molecule has 2 heterocycles. The molecular formula is C32H36N4O3. The van der Waals surface area contributed by atoms with E-state index < -0.39 is 5.60 Å². The minimum absolute atomic E-state index is 0.0211. The van der Waals surface area contributed by atoms with Gasteiger partial charge in [0.05, 0.1) is 28.4 Å².